The highest BCUT2D eigenvalue weighted by molar-refractivity contribution is 7.85. The molecule has 0 N–H and O–H groups in total. The Labute approximate surface area is 82.8 Å². The van der Waals surface area contributed by atoms with E-state index < -0.39 is 10.8 Å². The Kier molecular flexibility index (Phi) is 5.07. The molecule has 0 aromatic rings. The van der Waals surface area contributed by atoms with Gasteiger partial charge in [0, 0.05) is 28.2 Å². The van der Waals surface area contributed by atoms with Gasteiger partial charge >= 0.3 is 0 Å². The maximum absolute atomic E-state index is 11.6. The van der Waals surface area contributed by atoms with Crippen LogP contribution in [0.2, 0.25) is 0 Å². The Bertz CT molecular complexity index is 203. The van der Waals surface area contributed by atoms with Gasteiger partial charge in [0.2, 0.25) is 0 Å². The zero-order valence-corrected chi connectivity index (χ0v) is 8.81. The zero-order chi connectivity index (χ0) is 9.52. The number of nitrogens with zero attached hydrogens (tertiary/aromatic N) is 1. The molecule has 0 aromatic carbocycles. The first-order valence-corrected chi connectivity index (χ1v) is 6.47. The van der Waals surface area contributed by atoms with Crippen molar-refractivity contribution in [3.8, 4) is 6.07 Å². The molecule has 0 radical (unpaired) electrons. The average molecular weight is 199 g/mol. The van der Waals surface area contributed by atoms with Gasteiger partial charge in [0.15, 0.2) is 0 Å². The Morgan fingerprint density at radius 3 is 2.62 bits per heavy atom. The predicted octanol–water partition coefficient (Wildman–Crippen LogP) is 2.37. The first-order valence-electron chi connectivity index (χ1n) is 5.08. The number of nitriles is 1. The van der Waals surface area contributed by atoms with E-state index >= 15 is 0 Å². The molecular formula is C10H17NOS. The van der Waals surface area contributed by atoms with Gasteiger partial charge in [-0.15, -0.1) is 0 Å². The summed E-state index contributed by atoms with van der Waals surface area (Å²) >= 11 is 0. The van der Waals surface area contributed by atoms with Crippen LogP contribution in [0.1, 0.15) is 44.9 Å². The van der Waals surface area contributed by atoms with E-state index in [4.69, 9.17) is 5.26 Å². The van der Waals surface area contributed by atoms with Crippen LogP contribution < -0.4 is 0 Å². The van der Waals surface area contributed by atoms with Crippen LogP contribution in [0.5, 0.6) is 0 Å². The van der Waals surface area contributed by atoms with E-state index in [-0.39, 0.29) is 0 Å². The molecule has 0 heterocycles. The fourth-order valence-electron chi connectivity index (χ4n) is 1.77. The second-order valence-electron chi connectivity index (χ2n) is 3.61. The van der Waals surface area contributed by atoms with Gasteiger partial charge in [-0.3, -0.25) is 4.21 Å². The van der Waals surface area contributed by atoms with Crippen LogP contribution in [0.3, 0.4) is 0 Å². The second-order valence-corrected chi connectivity index (χ2v) is 5.44. The molecule has 0 aromatic heterocycles. The average Bonchev–Trinajstić information content (AvgIpc) is 2.65. The molecule has 0 aliphatic heterocycles. The lowest BCUT2D eigenvalue weighted by molar-refractivity contribution is 0.664. The van der Waals surface area contributed by atoms with E-state index in [0.717, 1.165) is 31.4 Å². The van der Waals surface area contributed by atoms with Gasteiger partial charge < -0.3 is 0 Å². The Hall–Kier alpha value is -0.360. The van der Waals surface area contributed by atoms with E-state index in [0.29, 0.717) is 11.7 Å². The summed E-state index contributed by atoms with van der Waals surface area (Å²) in [6, 6.07) is 2.11. The molecule has 3 heteroatoms. The van der Waals surface area contributed by atoms with Gasteiger partial charge in [0.25, 0.3) is 0 Å². The molecule has 1 fully saturated rings. The third kappa shape index (κ3) is 3.91. The molecule has 0 bridgehead atoms. The Morgan fingerprint density at radius 2 is 2.00 bits per heavy atom. The molecule has 0 spiro atoms. The first-order chi connectivity index (χ1) is 6.34. The van der Waals surface area contributed by atoms with Crippen molar-refractivity contribution in [1.29, 1.82) is 5.26 Å². The minimum atomic E-state index is -0.608. The number of rotatable bonds is 5. The van der Waals surface area contributed by atoms with Gasteiger partial charge in [0.1, 0.15) is 0 Å². The maximum atomic E-state index is 11.6. The van der Waals surface area contributed by atoms with Crippen LogP contribution in [0.15, 0.2) is 0 Å². The number of hydrogen-bond acceptors (Lipinski definition) is 2. The number of unbranched alkanes of at least 4 members (excludes halogenated alkanes) is 2. The van der Waals surface area contributed by atoms with Crippen molar-refractivity contribution < 1.29 is 4.21 Å². The standard InChI is InChI=1S/C10H17NOS/c11-8-4-1-5-9-13(12)10-6-2-3-7-10/h10H,1-7,9H2. The van der Waals surface area contributed by atoms with E-state index in [9.17, 15) is 4.21 Å². The molecule has 0 saturated heterocycles. The minimum Gasteiger partial charge on any atom is -0.259 e. The summed E-state index contributed by atoms with van der Waals surface area (Å²) in [5.41, 5.74) is 0. The Morgan fingerprint density at radius 1 is 1.31 bits per heavy atom. The third-order valence-electron chi connectivity index (χ3n) is 2.56. The van der Waals surface area contributed by atoms with Crippen LogP contribution in [0, 0.1) is 11.3 Å². The van der Waals surface area contributed by atoms with Crippen LogP contribution in [-0.4, -0.2) is 15.2 Å². The van der Waals surface area contributed by atoms with E-state index in [1.54, 1.807) is 0 Å². The van der Waals surface area contributed by atoms with Gasteiger partial charge in [-0.25, -0.2) is 0 Å². The fourth-order valence-corrected chi connectivity index (χ4v) is 3.45. The molecule has 0 amide bonds. The summed E-state index contributed by atoms with van der Waals surface area (Å²) in [4.78, 5) is 0. The quantitative estimate of drug-likeness (QED) is 0.638. The third-order valence-corrected chi connectivity index (χ3v) is 4.46. The highest BCUT2D eigenvalue weighted by atomic mass is 32.2. The second kappa shape index (κ2) is 6.15. The highest BCUT2D eigenvalue weighted by Gasteiger charge is 2.20. The lowest BCUT2D eigenvalue weighted by Gasteiger charge is -2.07. The van der Waals surface area contributed by atoms with E-state index in [2.05, 4.69) is 6.07 Å². The van der Waals surface area contributed by atoms with Crippen molar-refractivity contribution in [3.63, 3.8) is 0 Å². The van der Waals surface area contributed by atoms with Gasteiger partial charge in [-0.2, -0.15) is 5.26 Å². The fraction of sp³-hybridized carbons (Fsp3) is 0.900. The molecule has 1 aliphatic carbocycles. The largest absolute Gasteiger partial charge is 0.259 e. The molecule has 1 atom stereocenters. The molecule has 74 valence electrons. The van der Waals surface area contributed by atoms with E-state index in [1.165, 1.54) is 12.8 Å². The summed E-state index contributed by atoms with van der Waals surface area (Å²) in [6.45, 7) is 0. The first kappa shape index (κ1) is 10.7. The van der Waals surface area contributed by atoms with Crippen molar-refractivity contribution >= 4 is 10.8 Å². The van der Waals surface area contributed by atoms with Gasteiger partial charge in [0.05, 0.1) is 6.07 Å². The zero-order valence-electron chi connectivity index (χ0n) is 8.00. The topological polar surface area (TPSA) is 40.9 Å². The molecule has 1 saturated carbocycles. The molecule has 2 nitrogen and oxygen atoms in total. The molecular weight excluding hydrogens is 182 g/mol. The highest BCUT2D eigenvalue weighted by Crippen LogP contribution is 2.23. The van der Waals surface area contributed by atoms with Crippen LogP contribution in [0.25, 0.3) is 0 Å². The summed E-state index contributed by atoms with van der Waals surface area (Å²) in [5.74, 6) is 0.812. The van der Waals surface area contributed by atoms with E-state index in [1.807, 2.05) is 0 Å². The summed E-state index contributed by atoms with van der Waals surface area (Å²) in [5, 5.41) is 8.79. The van der Waals surface area contributed by atoms with Crippen molar-refractivity contribution in [2.24, 2.45) is 0 Å². The summed E-state index contributed by atoms with van der Waals surface area (Å²) < 4.78 is 11.6. The predicted molar refractivity (Wildman–Crippen MR) is 54.7 cm³/mol. The van der Waals surface area contributed by atoms with Crippen LogP contribution >= 0.6 is 0 Å². The van der Waals surface area contributed by atoms with Crippen molar-refractivity contribution in [2.45, 2.75) is 50.2 Å². The lowest BCUT2D eigenvalue weighted by atomic mass is 10.3. The summed E-state index contributed by atoms with van der Waals surface area (Å²) in [6.07, 6.45) is 7.31. The molecule has 1 aliphatic rings. The summed E-state index contributed by atoms with van der Waals surface area (Å²) in [7, 11) is -0.608. The van der Waals surface area contributed by atoms with Gasteiger partial charge in [-0.05, 0) is 25.7 Å². The maximum Gasteiger partial charge on any atom is 0.0621 e. The molecule has 13 heavy (non-hydrogen) atoms. The van der Waals surface area contributed by atoms with Gasteiger partial charge in [-0.1, -0.05) is 12.8 Å². The number of hydrogen-bond donors (Lipinski definition) is 0. The van der Waals surface area contributed by atoms with Crippen molar-refractivity contribution in [3.05, 3.63) is 0 Å². The molecule has 1 rings (SSSR count). The Balaban J connectivity index is 2.07. The van der Waals surface area contributed by atoms with Crippen molar-refractivity contribution in [1.82, 2.24) is 0 Å². The van der Waals surface area contributed by atoms with Crippen molar-refractivity contribution in [2.75, 3.05) is 5.75 Å². The van der Waals surface area contributed by atoms with Crippen LogP contribution in [-0.2, 0) is 10.8 Å². The SMILES string of the molecule is N#CCCCCS(=O)C1CCCC1. The monoisotopic (exact) mass is 199 g/mol. The van der Waals surface area contributed by atoms with Crippen LogP contribution in [0.4, 0.5) is 0 Å². The smallest absolute Gasteiger partial charge is 0.0621 e. The lowest BCUT2D eigenvalue weighted by Crippen LogP contribution is -2.13. The molecule has 1 unspecified atom stereocenters. The normalized spacial score (nSPS) is 19.9. The minimum absolute atomic E-state index is 0.474.